The molecule has 1 heterocycles. The van der Waals surface area contributed by atoms with Crippen LogP contribution in [0.1, 0.15) is 168 Å². The van der Waals surface area contributed by atoms with Crippen LogP contribution in [-0.4, -0.2) is 61.5 Å². The molecular weight excluding hydrogens is 729 g/mol. The number of carbonyl (C=O) groups excluding carboxylic acids is 2. The van der Waals surface area contributed by atoms with E-state index in [-0.39, 0.29) is 44.8 Å². The Balaban J connectivity index is 2.24. The Morgan fingerprint density at radius 1 is 0.643 bits per heavy atom. The van der Waals surface area contributed by atoms with Gasteiger partial charge in [-0.2, -0.15) is 0 Å². The Hall–Kier alpha value is -2.33. The maximum absolute atomic E-state index is 12.7. The lowest BCUT2D eigenvalue weighted by molar-refractivity contribution is -0.161. The van der Waals surface area contributed by atoms with Crippen LogP contribution in [0.3, 0.4) is 0 Å². The normalized spacial score (nSPS) is 17.5. The molecular formula is C45H78NO9P. The van der Waals surface area contributed by atoms with Crippen molar-refractivity contribution in [2.75, 3.05) is 26.4 Å². The molecule has 0 spiro atoms. The highest BCUT2D eigenvalue weighted by Gasteiger charge is 2.36. The minimum absolute atomic E-state index is 0.0374. The molecule has 0 amide bonds. The molecule has 1 saturated heterocycles. The van der Waals surface area contributed by atoms with E-state index in [1.807, 2.05) is 0 Å². The topological polar surface area (TPSA) is 147 Å². The van der Waals surface area contributed by atoms with E-state index in [1.54, 1.807) is 0 Å². The minimum atomic E-state index is -4.41. The van der Waals surface area contributed by atoms with E-state index in [0.29, 0.717) is 12.8 Å². The molecule has 0 aromatic carbocycles. The van der Waals surface area contributed by atoms with Crippen LogP contribution in [0.4, 0.5) is 0 Å². The van der Waals surface area contributed by atoms with Gasteiger partial charge >= 0.3 is 19.8 Å². The van der Waals surface area contributed by atoms with Crippen molar-refractivity contribution in [2.45, 2.75) is 186 Å². The lowest BCUT2D eigenvalue weighted by Gasteiger charge is -2.19. The number of phosphoric ester groups is 1. The molecule has 0 saturated carbocycles. The second kappa shape index (κ2) is 37.0. The van der Waals surface area contributed by atoms with Gasteiger partial charge in [-0.15, -0.1) is 0 Å². The van der Waals surface area contributed by atoms with Gasteiger partial charge in [0.1, 0.15) is 6.61 Å². The van der Waals surface area contributed by atoms with E-state index in [4.69, 9.17) is 29.0 Å². The number of hydrogen-bond donors (Lipinski definition) is 2. The molecule has 0 aliphatic carbocycles. The van der Waals surface area contributed by atoms with E-state index in [9.17, 15) is 19.0 Å². The highest BCUT2D eigenvalue weighted by molar-refractivity contribution is 7.47. The molecule has 1 fully saturated rings. The van der Waals surface area contributed by atoms with Gasteiger partial charge in [-0.25, -0.2) is 4.57 Å². The number of phosphoric acid groups is 1. The molecule has 0 bridgehead atoms. The molecule has 0 aromatic heterocycles. The number of rotatable bonds is 39. The van der Waals surface area contributed by atoms with Crippen LogP contribution in [0.5, 0.6) is 0 Å². The van der Waals surface area contributed by atoms with Crippen LogP contribution in [0.15, 0.2) is 60.8 Å². The zero-order chi connectivity index (χ0) is 40.8. The SMILES string of the molecule is CCCCC/C=C\C/C=C\C/C=C\CC1OC1CCCC(=O)O[C@H](COC(=O)CCCCCCCCC/C=C\C/C=C\CCCCC)COP(=O)(O)OCCN. The fourth-order valence-corrected chi connectivity index (χ4v) is 6.69. The summed E-state index contributed by atoms with van der Waals surface area (Å²) >= 11 is 0. The quantitative estimate of drug-likeness (QED) is 0.0202. The van der Waals surface area contributed by atoms with Crippen LogP contribution in [0.2, 0.25) is 0 Å². The largest absolute Gasteiger partial charge is 0.472 e. The van der Waals surface area contributed by atoms with E-state index in [0.717, 1.165) is 64.2 Å². The second-order valence-corrected chi connectivity index (χ2v) is 16.0. The van der Waals surface area contributed by atoms with Crippen LogP contribution in [0.25, 0.3) is 0 Å². The Bertz CT molecular complexity index is 1170. The van der Waals surface area contributed by atoms with Gasteiger partial charge in [-0.3, -0.25) is 18.6 Å². The smallest absolute Gasteiger partial charge is 0.462 e. The zero-order valence-corrected chi connectivity index (χ0v) is 35.9. The molecule has 322 valence electrons. The van der Waals surface area contributed by atoms with Crippen molar-refractivity contribution in [1.29, 1.82) is 0 Å². The van der Waals surface area contributed by atoms with Crippen molar-refractivity contribution >= 4 is 19.8 Å². The molecule has 1 aliphatic rings. The van der Waals surface area contributed by atoms with Crippen molar-refractivity contribution in [1.82, 2.24) is 0 Å². The first-order chi connectivity index (χ1) is 27.3. The van der Waals surface area contributed by atoms with Crippen LogP contribution in [0, 0.1) is 0 Å². The van der Waals surface area contributed by atoms with Gasteiger partial charge in [0.15, 0.2) is 6.10 Å². The predicted octanol–water partition coefficient (Wildman–Crippen LogP) is 11.5. The van der Waals surface area contributed by atoms with Crippen molar-refractivity contribution in [3.63, 3.8) is 0 Å². The standard InChI is InChI=1S/C45H78NO9P/c1-3-5-7-9-11-13-15-17-18-19-20-21-23-25-27-29-31-35-44(47)51-39-41(40-53-56(49,50)52-38-37-46)54-45(48)36-32-34-43-42(55-43)33-30-28-26-24-22-16-14-12-10-8-6-4-2/h11-14,17-18,22,24,28,30,41-43H,3-10,15-16,19-21,23,25-27,29,31-40,46H2,1-2H3,(H,49,50)/b13-11-,14-12-,18-17-,24-22-,30-28-/t41-,42?,43?/m1/s1. The summed E-state index contributed by atoms with van der Waals surface area (Å²) in [5.41, 5.74) is 5.35. The summed E-state index contributed by atoms with van der Waals surface area (Å²) in [6.45, 7) is 3.57. The zero-order valence-electron chi connectivity index (χ0n) is 35.0. The van der Waals surface area contributed by atoms with Gasteiger partial charge in [-0.05, 0) is 83.5 Å². The Morgan fingerprint density at radius 2 is 1.16 bits per heavy atom. The number of esters is 2. The van der Waals surface area contributed by atoms with Crippen LogP contribution in [-0.2, 0) is 37.4 Å². The highest BCUT2D eigenvalue weighted by Crippen LogP contribution is 2.43. The first kappa shape index (κ1) is 51.7. The maximum Gasteiger partial charge on any atom is 0.472 e. The molecule has 10 nitrogen and oxygen atoms in total. The van der Waals surface area contributed by atoms with Crippen LogP contribution >= 0.6 is 7.82 Å². The number of allylic oxidation sites excluding steroid dienone is 9. The van der Waals surface area contributed by atoms with E-state index >= 15 is 0 Å². The summed E-state index contributed by atoms with van der Waals surface area (Å²) in [4.78, 5) is 35.0. The number of epoxide rings is 1. The lowest BCUT2D eigenvalue weighted by atomic mass is 10.1. The summed E-state index contributed by atoms with van der Waals surface area (Å²) in [6.07, 6.45) is 45.5. The molecule has 56 heavy (non-hydrogen) atoms. The van der Waals surface area contributed by atoms with Crippen LogP contribution < -0.4 is 5.73 Å². The third-order valence-electron chi connectivity index (χ3n) is 9.30. The number of nitrogens with two attached hydrogens (primary N) is 1. The van der Waals surface area contributed by atoms with Gasteiger partial charge < -0.3 is 24.8 Å². The van der Waals surface area contributed by atoms with Crippen molar-refractivity contribution in [3.8, 4) is 0 Å². The fraction of sp³-hybridized carbons (Fsp3) is 0.733. The molecule has 4 atom stereocenters. The third kappa shape index (κ3) is 33.8. The average molecular weight is 808 g/mol. The lowest BCUT2D eigenvalue weighted by Crippen LogP contribution is -2.29. The minimum Gasteiger partial charge on any atom is -0.462 e. The fourth-order valence-electron chi connectivity index (χ4n) is 5.93. The predicted molar refractivity (Wildman–Crippen MR) is 228 cm³/mol. The monoisotopic (exact) mass is 808 g/mol. The summed E-state index contributed by atoms with van der Waals surface area (Å²) in [5.74, 6) is -0.918. The average Bonchev–Trinajstić information content (AvgIpc) is 3.94. The van der Waals surface area contributed by atoms with E-state index < -0.39 is 32.5 Å². The van der Waals surface area contributed by atoms with Gasteiger partial charge in [0, 0.05) is 19.4 Å². The number of carbonyl (C=O) groups is 2. The first-order valence-electron chi connectivity index (χ1n) is 21.9. The van der Waals surface area contributed by atoms with Gasteiger partial charge in [0.2, 0.25) is 0 Å². The molecule has 0 radical (unpaired) electrons. The Labute approximate surface area is 340 Å². The highest BCUT2D eigenvalue weighted by atomic mass is 31.2. The molecule has 3 unspecified atom stereocenters. The summed E-state index contributed by atoms with van der Waals surface area (Å²) < 4.78 is 38.6. The number of hydrogen-bond acceptors (Lipinski definition) is 9. The van der Waals surface area contributed by atoms with Crippen molar-refractivity contribution in [2.24, 2.45) is 5.73 Å². The van der Waals surface area contributed by atoms with Crippen molar-refractivity contribution < 1.29 is 42.3 Å². The molecule has 11 heteroatoms. The van der Waals surface area contributed by atoms with Crippen molar-refractivity contribution in [3.05, 3.63) is 60.8 Å². The second-order valence-electron chi connectivity index (χ2n) is 14.6. The third-order valence-corrected chi connectivity index (χ3v) is 10.3. The molecule has 1 rings (SSSR count). The molecule has 1 aliphatic heterocycles. The summed E-state index contributed by atoms with van der Waals surface area (Å²) in [6, 6.07) is 0. The van der Waals surface area contributed by atoms with Gasteiger partial charge in [0.05, 0.1) is 25.4 Å². The summed E-state index contributed by atoms with van der Waals surface area (Å²) in [5, 5.41) is 0. The Kier molecular flexibility index (Phi) is 34.1. The van der Waals surface area contributed by atoms with E-state index in [2.05, 4.69) is 74.6 Å². The summed E-state index contributed by atoms with van der Waals surface area (Å²) in [7, 11) is -4.41. The molecule has 3 N–H and O–H groups in total. The van der Waals surface area contributed by atoms with E-state index in [1.165, 1.54) is 64.2 Å². The van der Waals surface area contributed by atoms with Gasteiger partial charge in [-0.1, -0.05) is 132 Å². The maximum atomic E-state index is 12.7. The van der Waals surface area contributed by atoms with Gasteiger partial charge in [0.25, 0.3) is 0 Å². The molecule has 0 aromatic rings. The first-order valence-corrected chi connectivity index (χ1v) is 23.4. The number of unbranched alkanes of at least 4 members (excludes halogenated alkanes) is 13. The Morgan fingerprint density at radius 3 is 1.75 bits per heavy atom. The number of ether oxygens (including phenoxy) is 3.